The first-order valence-electron chi connectivity index (χ1n) is 36.7. The minimum Gasteiger partial charge on any atom is -0.481 e. The number of fused-ring (bicyclic) bond motifs is 7. The number of pyridine rings is 2. The van der Waals surface area contributed by atoms with Gasteiger partial charge in [0.25, 0.3) is 35.4 Å². The van der Waals surface area contributed by atoms with E-state index in [-0.39, 0.29) is 60.7 Å². The molecule has 0 radical (unpaired) electrons. The van der Waals surface area contributed by atoms with Crippen LogP contribution in [0.4, 0.5) is 11.4 Å². The Morgan fingerprint density at radius 1 is 0.458 bits per heavy atom. The standard InChI is InChI=1S/C20H14BrClN2O2.C19H17BrN2O3.C13H12BrN.C13H13NO4.C8H4O3.C6H6BrN.C5H11NO2.Cl3OP.H4N2/c21-14-8-7-12-10-13(18(22)23-17(12)11-14)4-3-9-24-19(25)15-5-1-2-6-16(15)20(24)26;20-13-6-5-7-14(12-13)21-17(23)10-3-4-11-22-18(24)15-8-1-2-9-16(15)19(22)25;14-11-6-5-10-7-9-3-1-2-4-12(9)15-13(10)8-11;15-11(16)7-3-4-8-14-12(17)9-5-1-2-6-10(9)13(14)18;9-7-5-3-1-2-4-6(5)8(10)11-7;7-5-2-1-3-6(8)4-5;6-4-2-1-3-5(7)8;1-5(2,3)4;1-2/h1-2,5-8,10-11H,3-4,9H2;1-2,5-9,12H,3-4,10-11H2,(H,21,23);5-8H,1-4H2;1-2,5-6H,3-4,7-8H2,(H,15,16);1-4H;1-4H,8H2;1-4,6H2,(H,7,8);;1-2H2. The molecule has 5 aliphatic rings. The Balaban J connectivity index is 0.000000194. The molecule has 0 unspecified atom stereocenters. The average Bonchev–Trinajstić information content (AvgIpc) is 1.63. The first-order valence-corrected chi connectivity index (χ1v) is 44.6. The number of carbonyl (C=O) groups excluding carboxylic acids is 9. The van der Waals surface area contributed by atoms with Gasteiger partial charge in [0.05, 0.1) is 55.5 Å². The summed E-state index contributed by atoms with van der Waals surface area (Å²) in [6.45, 7) is 1.56. The van der Waals surface area contributed by atoms with E-state index in [1.54, 1.807) is 97.1 Å². The summed E-state index contributed by atoms with van der Waals surface area (Å²) in [7, 11) is 0. The highest BCUT2D eigenvalue weighted by atomic mass is 79.9. The van der Waals surface area contributed by atoms with Crippen LogP contribution in [0.25, 0.3) is 21.8 Å². The molecule has 0 saturated heterocycles. The third kappa shape index (κ3) is 29.5. The van der Waals surface area contributed by atoms with Crippen molar-refractivity contribution in [1.82, 2.24) is 24.7 Å². The number of cyclic esters (lactones) is 2. The van der Waals surface area contributed by atoms with E-state index in [0.29, 0.717) is 121 Å². The fourth-order valence-electron chi connectivity index (χ4n) is 12.2. The predicted molar refractivity (Wildman–Crippen MR) is 471 cm³/mol. The summed E-state index contributed by atoms with van der Waals surface area (Å²) in [5.74, 6) is 3.69. The number of hydrazine groups is 1. The van der Waals surface area contributed by atoms with Crippen molar-refractivity contribution in [2.24, 2.45) is 17.4 Å². The highest BCUT2D eigenvalue weighted by molar-refractivity contribution is 9.11. The zero-order valence-corrected chi connectivity index (χ0v) is 73.4. The number of nitrogens with one attached hydrogen (secondary N) is 1. The number of aryl methyl sites for hydroxylation is 3. The first-order chi connectivity index (χ1) is 56.4. The van der Waals surface area contributed by atoms with Crippen molar-refractivity contribution in [3.63, 3.8) is 0 Å². The van der Waals surface area contributed by atoms with E-state index < -0.39 is 29.1 Å². The van der Waals surface area contributed by atoms with Gasteiger partial charge in [0, 0.05) is 84.6 Å². The maximum Gasteiger partial charge on any atom is 0.346 e. The molecule has 0 atom stereocenters. The second-order valence-corrected chi connectivity index (χ2v) is 36.8. The number of benzene rings is 8. The van der Waals surface area contributed by atoms with Gasteiger partial charge >= 0.3 is 29.1 Å². The molecule has 1 aliphatic carbocycles. The summed E-state index contributed by atoms with van der Waals surface area (Å²) in [6.07, 6.45) is 10.6. The maximum absolute atomic E-state index is 12.4. The van der Waals surface area contributed by atoms with Crippen molar-refractivity contribution in [2.75, 3.05) is 37.2 Å². The SMILES string of the molecule is Brc1ccc2cc3c(nc2c1)CCCC3.NCCCCC(=O)O.NN.Nc1cccc(Br)c1.O=C(CCCCN1C(=O)c2ccccc2C1=O)Nc1cccc(Br)c1.O=C(O)CCCCN1C(=O)c2ccccc2C1=O.O=C1OC(=O)c2ccccc21.O=C1c2ccccc2C(=O)N1CCCc1cc2ccc(Br)cc2nc1Cl.O=P(Cl)(Cl)Cl. The van der Waals surface area contributed by atoms with Gasteiger partial charge in [-0.25, -0.2) is 14.6 Å². The van der Waals surface area contributed by atoms with Crippen LogP contribution >= 0.6 is 114 Å². The largest absolute Gasteiger partial charge is 0.481 e. The highest BCUT2D eigenvalue weighted by Crippen LogP contribution is 2.61. The van der Waals surface area contributed by atoms with Crippen molar-refractivity contribution >= 4 is 213 Å². The number of ether oxygens (including phenoxy) is 1. The fraction of sp³-hybridized carbons (Fsp3) is 0.226. The lowest BCUT2D eigenvalue weighted by atomic mass is 9.95. The van der Waals surface area contributed by atoms with Crippen molar-refractivity contribution in [1.29, 1.82) is 0 Å². The maximum atomic E-state index is 12.4. The van der Waals surface area contributed by atoms with Gasteiger partial charge in [0.15, 0.2) is 0 Å². The first kappa shape index (κ1) is 95.7. The van der Waals surface area contributed by atoms with E-state index in [0.717, 1.165) is 64.1 Å². The second kappa shape index (κ2) is 48.0. The molecule has 2 aromatic heterocycles. The summed E-state index contributed by atoms with van der Waals surface area (Å²) in [6, 6.07) is 58.4. The van der Waals surface area contributed by atoms with Gasteiger partial charge in [-0.2, -0.15) is 0 Å². The Hall–Kier alpha value is -9.46. The molecule has 34 heteroatoms. The number of esters is 2. The summed E-state index contributed by atoms with van der Waals surface area (Å²) < 4.78 is 17.9. The van der Waals surface area contributed by atoms with Crippen LogP contribution in [0.3, 0.4) is 0 Å². The predicted octanol–water partition coefficient (Wildman–Crippen LogP) is 19.0. The number of anilines is 2. The Labute approximate surface area is 733 Å². The molecule has 4 aliphatic heterocycles. The van der Waals surface area contributed by atoms with Crippen molar-refractivity contribution < 1.29 is 72.3 Å². The van der Waals surface area contributed by atoms with E-state index in [4.69, 9.17) is 38.3 Å². The van der Waals surface area contributed by atoms with Crippen molar-refractivity contribution in [3.8, 4) is 0 Å². The number of nitrogens with zero attached hydrogens (tertiary/aromatic N) is 5. The number of hydrogen-bond donors (Lipinski definition) is 7. The Bertz CT molecular complexity index is 5220. The minimum atomic E-state index is -3.22. The van der Waals surface area contributed by atoms with Gasteiger partial charge in [-0.15, -0.1) is 0 Å². The highest BCUT2D eigenvalue weighted by Gasteiger charge is 2.37. The number of nitrogen functional groups attached to an aromatic ring is 1. The van der Waals surface area contributed by atoms with E-state index in [2.05, 4.69) is 148 Å². The number of rotatable bonds is 19. The van der Waals surface area contributed by atoms with E-state index in [1.165, 1.54) is 50.6 Å². The molecular weight excluding hydrogens is 1880 g/mol. The molecular formula is C84H81Br4Cl4N10O15P. The van der Waals surface area contributed by atoms with Crippen LogP contribution in [0.15, 0.2) is 212 Å². The molecule has 0 saturated carbocycles. The zero-order valence-electron chi connectivity index (χ0n) is 63.1. The normalized spacial score (nSPS) is 13.0. The molecule has 6 heterocycles. The van der Waals surface area contributed by atoms with Crippen LogP contribution in [-0.2, 0) is 42.9 Å². The monoisotopic (exact) mass is 1960 g/mol. The van der Waals surface area contributed by atoms with Crippen LogP contribution < -0.4 is 28.5 Å². The van der Waals surface area contributed by atoms with Gasteiger partial charge < -0.3 is 31.7 Å². The lowest BCUT2D eigenvalue weighted by Gasteiger charge is -2.15. The van der Waals surface area contributed by atoms with E-state index in [1.807, 2.05) is 72.8 Å². The summed E-state index contributed by atoms with van der Waals surface area (Å²) in [4.78, 5) is 140. The Morgan fingerprint density at radius 2 is 0.839 bits per heavy atom. The molecule has 0 fully saturated rings. The number of nitrogens with two attached hydrogens (primary N) is 4. The molecule has 7 amide bonds. The number of carboxylic acid groups (broad SMARTS) is 2. The van der Waals surface area contributed by atoms with Crippen molar-refractivity contribution in [3.05, 3.63) is 278 Å². The number of amides is 7. The lowest BCUT2D eigenvalue weighted by molar-refractivity contribution is -0.138. The molecule has 618 valence electrons. The molecule has 11 N–H and O–H groups in total. The quantitative estimate of drug-likeness (QED) is 0.00455. The molecule has 15 rings (SSSR count). The van der Waals surface area contributed by atoms with Gasteiger partial charge in [-0.1, -0.05) is 148 Å². The summed E-state index contributed by atoms with van der Waals surface area (Å²) >= 11 is 33.7. The molecule has 0 bridgehead atoms. The second-order valence-electron chi connectivity index (χ2n) is 26.1. The molecule has 0 spiro atoms. The van der Waals surface area contributed by atoms with Crippen LogP contribution in [0.1, 0.15) is 177 Å². The van der Waals surface area contributed by atoms with Gasteiger partial charge in [0.1, 0.15) is 5.15 Å². The van der Waals surface area contributed by atoms with Crippen molar-refractivity contribution in [2.45, 2.75) is 96.3 Å². The number of hydrogen-bond acceptors (Lipinski definition) is 19. The topological polar surface area (TPSA) is 406 Å². The molecule has 25 nitrogen and oxygen atoms in total. The third-order valence-electron chi connectivity index (χ3n) is 17.7. The fourth-order valence-corrected chi connectivity index (χ4v) is 14.0. The number of imide groups is 3. The van der Waals surface area contributed by atoms with E-state index >= 15 is 0 Å². The van der Waals surface area contributed by atoms with Crippen LogP contribution in [0, 0.1) is 0 Å². The van der Waals surface area contributed by atoms with Gasteiger partial charge in [-0.05, 0) is 250 Å². The van der Waals surface area contributed by atoms with Crippen LogP contribution in [0.5, 0.6) is 0 Å². The number of halogens is 8. The molecule has 118 heavy (non-hydrogen) atoms. The number of carbonyl (C=O) groups is 11. The zero-order chi connectivity index (χ0) is 86.2. The number of aromatic nitrogens is 2. The lowest BCUT2D eigenvalue weighted by Crippen LogP contribution is -2.31. The smallest absolute Gasteiger partial charge is 0.346 e. The Morgan fingerprint density at radius 3 is 1.25 bits per heavy atom. The van der Waals surface area contributed by atoms with Gasteiger partial charge in [0.2, 0.25) is 5.91 Å². The summed E-state index contributed by atoms with van der Waals surface area (Å²) in [5, 5.41) is 18.9. The number of aliphatic carboxylic acids is 2. The van der Waals surface area contributed by atoms with Crippen LogP contribution in [-0.4, -0.2) is 126 Å². The number of unbranched alkanes of at least 4 members (excludes halogenated alkanes) is 3. The van der Waals surface area contributed by atoms with Gasteiger partial charge in [-0.3, -0.25) is 79.1 Å². The molecule has 10 aromatic rings. The molecule has 8 aromatic carbocycles. The number of carboxylic acids is 2. The third-order valence-corrected chi connectivity index (χ3v) is 20.0. The average molecular weight is 1960 g/mol. The minimum absolute atomic E-state index is 0.0587. The van der Waals surface area contributed by atoms with E-state index in [9.17, 15) is 57.3 Å². The summed E-state index contributed by atoms with van der Waals surface area (Å²) in [5.41, 5.74) is 21.2. The van der Waals surface area contributed by atoms with Crippen LogP contribution in [0.2, 0.25) is 5.15 Å². The Kier molecular flexibility index (Phi) is 38.9.